The quantitative estimate of drug-likeness (QED) is 0.846. The van der Waals surface area contributed by atoms with Crippen molar-refractivity contribution in [3.8, 4) is 11.5 Å². The van der Waals surface area contributed by atoms with E-state index < -0.39 is 5.97 Å². The van der Waals surface area contributed by atoms with Crippen LogP contribution in [0.4, 0.5) is 0 Å². The highest BCUT2D eigenvalue weighted by molar-refractivity contribution is 6.33. The minimum absolute atomic E-state index is 0.0218. The third-order valence-electron chi connectivity index (χ3n) is 3.76. The molecule has 1 aromatic rings. The summed E-state index contributed by atoms with van der Waals surface area (Å²) in [5.74, 6) is 0.122. The number of halogens is 1. The van der Waals surface area contributed by atoms with E-state index in [1.165, 1.54) is 0 Å². The van der Waals surface area contributed by atoms with Crippen LogP contribution in [0, 0.1) is 5.92 Å². The molecule has 6 heteroatoms. The second-order valence-electron chi connectivity index (χ2n) is 5.09. The highest BCUT2D eigenvalue weighted by atomic mass is 35.5. The SMILES string of the molecule is O=Cc1c(Cl)cc(C(CC(=O)O)C2CC2)c2c1OCO2. The number of carboxylic acid groups (broad SMARTS) is 1. The van der Waals surface area contributed by atoms with Gasteiger partial charge in [-0.2, -0.15) is 0 Å². The van der Waals surface area contributed by atoms with Crippen molar-refractivity contribution in [1.29, 1.82) is 0 Å². The Morgan fingerprint density at radius 2 is 2.15 bits per heavy atom. The van der Waals surface area contributed by atoms with Crippen LogP contribution < -0.4 is 9.47 Å². The lowest BCUT2D eigenvalue weighted by Gasteiger charge is -2.17. The van der Waals surface area contributed by atoms with Gasteiger partial charge in [-0.3, -0.25) is 9.59 Å². The van der Waals surface area contributed by atoms with Gasteiger partial charge in [-0.15, -0.1) is 0 Å². The van der Waals surface area contributed by atoms with Gasteiger partial charge in [-0.05, 0) is 24.8 Å². The van der Waals surface area contributed by atoms with Gasteiger partial charge in [0, 0.05) is 11.5 Å². The predicted molar refractivity (Wildman–Crippen MR) is 70.7 cm³/mol. The van der Waals surface area contributed by atoms with E-state index in [-0.39, 0.29) is 29.7 Å². The topological polar surface area (TPSA) is 72.8 Å². The first kappa shape index (κ1) is 13.2. The lowest BCUT2D eigenvalue weighted by Crippen LogP contribution is -2.09. The molecule has 2 aliphatic rings. The molecule has 1 aliphatic heterocycles. The number of aldehydes is 1. The molecule has 0 saturated heterocycles. The molecule has 1 saturated carbocycles. The molecule has 1 fully saturated rings. The van der Waals surface area contributed by atoms with E-state index in [1.54, 1.807) is 6.07 Å². The first-order chi connectivity index (χ1) is 9.61. The minimum atomic E-state index is -0.856. The smallest absolute Gasteiger partial charge is 0.303 e. The molecule has 106 valence electrons. The van der Waals surface area contributed by atoms with Crippen molar-refractivity contribution >= 4 is 23.9 Å². The number of carboxylic acids is 1. The number of fused-ring (bicyclic) bond motifs is 1. The molecule has 1 heterocycles. The fourth-order valence-electron chi connectivity index (χ4n) is 2.68. The van der Waals surface area contributed by atoms with E-state index in [1.807, 2.05) is 0 Å². The van der Waals surface area contributed by atoms with Crippen molar-refractivity contribution in [1.82, 2.24) is 0 Å². The van der Waals surface area contributed by atoms with Gasteiger partial charge in [0.15, 0.2) is 17.8 Å². The molecular weight excluding hydrogens is 284 g/mol. The van der Waals surface area contributed by atoms with E-state index in [0.717, 1.165) is 18.4 Å². The van der Waals surface area contributed by atoms with Crippen LogP contribution in [0.2, 0.25) is 5.02 Å². The van der Waals surface area contributed by atoms with Crippen molar-refractivity contribution < 1.29 is 24.2 Å². The van der Waals surface area contributed by atoms with Crippen LogP contribution in [0.15, 0.2) is 6.07 Å². The molecule has 1 unspecified atom stereocenters. The van der Waals surface area contributed by atoms with Crippen molar-refractivity contribution in [2.24, 2.45) is 5.92 Å². The molecule has 1 aromatic carbocycles. The van der Waals surface area contributed by atoms with Crippen LogP contribution in [0.1, 0.15) is 41.1 Å². The summed E-state index contributed by atoms with van der Waals surface area (Å²) in [7, 11) is 0. The molecule has 3 rings (SSSR count). The first-order valence-electron chi connectivity index (χ1n) is 6.40. The second kappa shape index (κ2) is 4.98. The Kier molecular flexibility index (Phi) is 3.30. The standard InChI is InChI=1S/C14H13ClO5/c15-11-3-9(8(4-12(17)18)7-1-2-7)13-14(10(11)5-16)20-6-19-13/h3,5,7-8H,1-2,4,6H2,(H,17,18). The van der Waals surface area contributed by atoms with Crippen LogP contribution in [0.25, 0.3) is 0 Å². The lowest BCUT2D eigenvalue weighted by atomic mass is 9.89. The monoisotopic (exact) mass is 296 g/mol. The predicted octanol–water partition coefficient (Wildman–Crippen LogP) is 2.85. The number of hydrogen-bond donors (Lipinski definition) is 1. The molecule has 0 radical (unpaired) electrons. The number of rotatable bonds is 5. The summed E-state index contributed by atoms with van der Waals surface area (Å²) in [4.78, 5) is 22.1. The molecular formula is C14H13ClO5. The van der Waals surface area contributed by atoms with E-state index in [2.05, 4.69) is 0 Å². The summed E-state index contributed by atoms with van der Waals surface area (Å²) < 4.78 is 10.7. The molecule has 0 aromatic heterocycles. The summed E-state index contributed by atoms with van der Waals surface area (Å²) in [6, 6.07) is 1.64. The minimum Gasteiger partial charge on any atom is -0.481 e. The van der Waals surface area contributed by atoms with E-state index in [0.29, 0.717) is 23.7 Å². The Hall–Kier alpha value is -1.75. The zero-order valence-electron chi connectivity index (χ0n) is 10.6. The molecule has 0 bridgehead atoms. The van der Waals surface area contributed by atoms with Crippen LogP contribution in [0.5, 0.6) is 11.5 Å². The van der Waals surface area contributed by atoms with Gasteiger partial charge in [-0.25, -0.2) is 0 Å². The Bertz CT molecular complexity index is 579. The maximum atomic E-state index is 11.1. The van der Waals surface area contributed by atoms with Gasteiger partial charge in [-0.1, -0.05) is 11.6 Å². The van der Waals surface area contributed by atoms with Gasteiger partial charge in [0.2, 0.25) is 6.79 Å². The fraction of sp³-hybridized carbons (Fsp3) is 0.429. The van der Waals surface area contributed by atoms with Gasteiger partial charge in [0.05, 0.1) is 17.0 Å². The van der Waals surface area contributed by atoms with Gasteiger partial charge < -0.3 is 14.6 Å². The summed E-state index contributed by atoms with van der Waals surface area (Å²) in [5.41, 5.74) is 0.991. The van der Waals surface area contributed by atoms with Gasteiger partial charge in [0.25, 0.3) is 0 Å². The van der Waals surface area contributed by atoms with E-state index >= 15 is 0 Å². The molecule has 0 amide bonds. The maximum Gasteiger partial charge on any atom is 0.303 e. The lowest BCUT2D eigenvalue weighted by molar-refractivity contribution is -0.137. The molecule has 1 atom stereocenters. The Morgan fingerprint density at radius 3 is 2.75 bits per heavy atom. The zero-order chi connectivity index (χ0) is 14.3. The van der Waals surface area contributed by atoms with Gasteiger partial charge in [0.1, 0.15) is 0 Å². The second-order valence-corrected chi connectivity index (χ2v) is 5.49. The highest BCUT2D eigenvalue weighted by Gasteiger charge is 2.38. The Morgan fingerprint density at radius 1 is 1.45 bits per heavy atom. The number of benzene rings is 1. The molecule has 20 heavy (non-hydrogen) atoms. The summed E-state index contributed by atoms with van der Waals surface area (Å²) in [6.07, 6.45) is 2.65. The van der Waals surface area contributed by atoms with Crippen LogP contribution >= 0.6 is 11.6 Å². The largest absolute Gasteiger partial charge is 0.481 e. The summed E-state index contributed by atoms with van der Waals surface area (Å²) in [6.45, 7) is 0.0218. The average Bonchev–Trinajstić information content (AvgIpc) is 3.13. The van der Waals surface area contributed by atoms with Crippen molar-refractivity contribution in [2.45, 2.75) is 25.2 Å². The number of aliphatic carboxylic acids is 1. The maximum absolute atomic E-state index is 11.1. The summed E-state index contributed by atoms with van der Waals surface area (Å²) in [5, 5.41) is 9.35. The molecule has 1 N–H and O–H groups in total. The highest BCUT2D eigenvalue weighted by Crippen LogP contribution is 2.52. The normalized spacial score (nSPS) is 17.9. The Balaban J connectivity index is 2.08. The van der Waals surface area contributed by atoms with Crippen molar-refractivity contribution in [2.75, 3.05) is 6.79 Å². The number of carbonyl (C=O) groups is 2. The van der Waals surface area contributed by atoms with Crippen LogP contribution in [-0.4, -0.2) is 24.2 Å². The van der Waals surface area contributed by atoms with Crippen LogP contribution in [0.3, 0.4) is 0 Å². The average molecular weight is 297 g/mol. The first-order valence-corrected chi connectivity index (χ1v) is 6.78. The molecule has 5 nitrogen and oxygen atoms in total. The molecule has 0 spiro atoms. The van der Waals surface area contributed by atoms with Crippen molar-refractivity contribution in [3.05, 3.63) is 22.2 Å². The van der Waals surface area contributed by atoms with Gasteiger partial charge >= 0.3 is 5.97 Å². The fourth-order valence-corrected chi connectivity index (χ4v) is 2.93. The Labute approximate surface area is 120 Å². The van der Waals surface area contributed by atoms with Crippen molar-refractivity contribution in [3.63, 3.8) is 0 Å². The van der Waals surface area contributed by atoms with E-state index in [9.17, 15) is 9.59 Å². The molecule has 1 aliphatic carbocycles. The van der Waals surface area contributed by atoms with Crippen LogP contribution in [-0.2, 0) is 4.79 Å². The zero-order valence-corrected chi connectivity index (χ0v) is 11.4. The number of ether oxygens (including phenoxy) is 2. The third kappa shape index (κ3) is 2.22. The summed E-state index contributed by atoms with van der Waals surface area (Å²) >= 11 is 6.10. The number of hydrogen-bond acceptors (Lipinski definition) is 4. The third-order valence-corrected chi connectivity index (χ3v) is 4.07. The number of carbonyl (C=O) groups excluding carboxylic acids is 1. The van der Waals surface area contributed by atoms with E-state index in [4.69, 9.17) is 26.2 Å².